The molecule has 4 atom stereocenters. The van der Waals surface area contributed by atoms with Crippen LogP contribution in [0.1, 0.15) is 32.6 Å². The van der Waals surface area contributed by atoms with Gasteiger partial charge in [0, 0.05) is 24.3 Å². The number of carbonyl (C=O) groups is 8. The third kappa shape index (κ3) is 18.7. The van der Waals surface area contributed by atoms with Crippen LogP contribution in [0.15, 0.2) is 0 Å². The van der Waals surface area contributed by atoms with Gasteiger partial charge in [-0.25, -0.2) is 0 Å². The van der Waals surface area contributed by atoms with E-state index in [1.807, 2.05) is 0 Å². The van der Waals surface area contributed by atoms with Crippen LogP contribution in [0.4, 0.5) is 0 Å². The van der Waals surface area contributed by atoms with E-state index in [1.165, 1.54) is 6.92 Å². The van der Waals surface area contributed by atoms with E-state index in [1.54, 1.807) is 0 Å². The van der Waals surface area contributed by atoms with Crippen LogP contribution in [0.5, 0.6) is 0 Å². The van der Waals surface area contributed by atoms with Crippen molar-refractivity contribution in [2.75, 3.05) is 24.6 Å². The van der Waals surface area contributed by atoms with Crippen molar-refractivity contribution in [1.82, 2.24) is 21.3 Å². The van der Waals surface area contributed by atoms with E-state index < -0.39 is 84.6 Å². The average molecular weight is 644 g/mol. The van der Waals surface area contributed by atoms with Crippen molar-refractivity contribution in [2.45, 2.75) is 50.7 Å². The normalized spacial score (nSPS) is 13.5. The molecule has 10 N–H and O–H groups in total. The molecule has 4 amide bonds. The fourth-order valence-corrected chi connectivity index (χ4v) is 6.46. The smallest absolute Gasteiger partial charge is 0.322 e. The van der Waals surface area contributed by atoms with Gasteiger partial charge in [-0.15, -0.1) is 0 Å². The van der Waals surface area contributed by atoms with Gasteiger partial charge in [-0.05, 0) is 22.7 Å². The molecule has 0 aromatic heterocycles. The van der Waals surface area contributed by atoms with Gasteiger partial charge < -0.3 is 47.4 Å². The van der Waals surface area contributed by atoms with E-state index in [-0.39, 0.29) is 37.2 Å². The molecule has 0 bridgehead atoms. The fraction of sp³-hybridized carbons (Fsp3) is 0.619. The van der Waals surface area contributed by atoms with E-state index in [9.17, 15) is 38.4 Å². The Morgan fingerprint density at radius 2 is 1.10 bits per heavy atom. The Kier molecular flexibility index (Phi) is 19.0. The van der Waals surface area contributed by atoms with Gasteiger partial charge in [-0.3, -0.25) is 38.4 Å². The zero-order valence-corrected chi connectivity index (χ0v) is 24.3. The summed E-state index contributed by atoms with van der Waals surface area (Å²) in [4.78, 5) is 92.5. The van der Waals surface area contributed by atoms with Crippen LogP contribution in [-0.2, 0) is 38.4 Å². The van der Waals surface area contributed by atoms with E-state index in [0.717, 1.165) is 31.4 Å². The third-order valence-electron chi connectivity index (χ3n) is 4.92. The van der Waals surface area contributed by atoms with Crippen LogP contribution < -0.4 is 27.0 Å². The van der Waals surface area contributed by atoms with Crippen LogP contribution in [0.3, 0.4) is 0 Å². The van der Waals surface area contributed by atoms with Crippen molar-refractivity contribution < 1.29 is 58.8 Å². The van der Waals surface area contributed by atoms with E-state index >= 15 is 0 Å². The lowest BCUT2D eigenvalue weighted by atomic mass is 10.1. The lowest BCUT2D eigenvalue weighted by Gasteiger charge is -2.19. The maximum absolute atomic E-state index is 12.4. The predicted molar refractivity (Wildman–Crippen MR) is 149 cm³/mol. The minimum absolute atomic E-state index is 0.0155. The number of nitrogens with two attached hydrogens (primary N) is 1. The van der Waals surface area contributed by atoms with Crippen molar-refractivity contribution in [3.63, 3.8) is 0 Å². The summed E-state index contributed by atoms with van der Waals surface area (Å²) in [5.74, 6) is -8.86. The molecule has 0 unspecified atom stereocenters. The van der Waals surface area contributed by atoms with Crippen LogP contribution in [0.2, 0.25) is 0 Å². The monoisotopic (exact) mass is 643 g/mol. The first-order valence-corrected chi connectivity index (χ1v) is 15.7. The molecule has 17 nitrogen and oxygen atoms in total. The Labute approximate surface area is 245 Å². The van der Waals surface area contributed by atoms with Crippen molar-refractivity contribution in [3.05, 3.63) is 0 Å². The highest BCUT2D eigenvalue weighted by Gasteiger charge is 2.25. The van der Waals surface area contributed by atoms with Crippen LogP contribution in [0.25, 0.3) is 0 Å². The van der Waals surface area contributed by atoms with Gasteiger partial charge in [0.25, 0.3) is 0 Å². The number of hydrogen-bond acceptors (Lipinski definition) is 12. The SMILES string of the molecule is C[C@@H](CCC(=O)N[C@@H](CSSSC[C@H](NC(=O)CC[C@H](N)C(=O)O)C(=O)NCC(=O)O)C(=O)NCC(=O)O)C(=O)O. The first-order chi connectivity index (χ1) is 19.1. The summed E-state index contributed by atoms with van der Waals surface area (Å²) in [6, 6.07) is -3.66. The van der Waals surface area contributed by atoms with Gasteiger partial charge in [-0.2, -0.15) is 0 Å². The molecule has 0 rings (SSSR count). The fourth-order valence-electron chi connectivity index (χ4n) is 2.58. The average Bonchev–Trinajstić information content (AvgIpc) is 2.89. The van der Waals surface area contributed by atoms with Crippen LogP contribution in [-0.4, -0.2) is 111 Å². The molecule has 0 saturated heterocycles. The summed E-state index contributed by atoms with van der Waals surface area (Å²) in [6.07, 6.45) is -0.677. The standard InChI is InChI=1S/C21H33N5O12S3/c1-10(20(35)36)2-4-14(27)25-12(18(33)23-6-16(29)30)8-39-41-40-9-13(19(34)24-7-17(31)32)26-15(28)5-3-11(22)21(37)38/h10-13H,2-9,22H2,1H3,(H,23,33)(H,24,34)(H,25,27)(H,26,28)(H,29,30)(H,31,32)(H,35,36)(H,37,38)/t10-,11-,12-,13-/m0/s1. The molecular weight excluding hydrogens is 610 g/mol. The van der Waals surface area contributed by atoms with Crippen LogP contribution in [0, 0.1) is 5.92 Å². The van der Waals surface area contributed by atoms with E-state index in [0.29, 0.717) is 0 Å². The molecule has 0 spiro atoms. The summed E-state index contributed by atoms with van der Waals surface area (Å²) in [5, 5.41) is 44.4. The number of carbonyl (C=O) groups excluding carboxylic acids is 4. The topological polar surface area (TPSA) is 292 Å². The highest BCUT2D eigenvalue weighted by molar-refractivity contribution is 9.09. The van der Waals surface area contributed by atoms with Gasteiger partial charge in [0.15, 0.2) is 0 Å². The van der Waals surface area contributed by atoms with Gasteiger partial charge >= 0.3 is 23.9 Å². The van der Waals surface area contributed by atoms with Crippen molar-refractivity contribution in [1.29, 1.82) is 0 Å². The number of amides is 4. The molecule has 232 valence electrons. The second kappa shape index (κ2) is 20.6. The molecule has 0 aromatic rings. The molecule has 0 aliphatic carbocycles. The van der Waals surface area contributed by atoms with Crippen molar-refractivity contribution in [3.8, 4) is 0 Å². The van der Waals surface area contributed by atoms with Crippen LogP contribution >= 0.6 is 31.4 Å². The lowest BCUT2D eigenvalue weighted by Crippen LogP contribution is -2.49. The summed E-state index contributed by atoms with van der Waals surface area (Å²) < 4.78 is 0. The summed E-state index contributed by atoms with van der Waals surface area (Å²) in [5.41, 5.74) is 5.36. The molecule has 0 fully saturated rings. The second-order valence-electron chi connectivity index (χ2n) is 8.36. The molecule has 0 aliphatic rings. The molecule has 0 aliphatic heterocycles. The number of rotatable bonds is 22. The van der Waals surface area contributed by atoms with Crippen molar-refractivity contribution >= 4 is 78.9 Å². The maximum Gasteiger partial charge on any atom is 0.322 e. The molecule has 41 heavy (non-hydrogen) atoms. The van der Waals surface area contributed by atoms with E-state index in [4.69, 9.17) is 26.2 Å². The minimum Gasteiger partial charge on any atom is -0.481 e. The number of hydrogen-bond donors (Lipinski definition) is 9. The Bertz CT molecular complexity index is 896. The van der Waals surface area contributed by atoms with E-state index in [2.05, 4.69) is 21.3 Å². The molecule has 0 aromatic carbocycles. The summed E-state index contributed by atoms with van der Waals surface area (Å²) in [6.45, 7) is 0.0107. The van der Waals surface area contributed by atoms with Crippen molar-refractivity contribution in [2.24, 2.45) is 11.7 Å². The first-order valence-electron chi connectivity index (χ1n) is 11.8. The molecule has 0 heterocycles. The minimum atomic E-state index is -1.32. The lowest BCUT2D eigenvalue weighted by molar-refractivity contribution is -0.142. The predicted octanol–water partition coefficient (Wildman–Crippen LogP) is -1.92. The maximum atomic E-state index is 12.4. The second-order valence-corrected chi connectivity index (χ2v) is 12.7. The third-order valence-corrected chi connectivity index (χ3v) is 9.18. The molecule has 20 heteroatoms. The Balaban J connectivity index is 5.05. The number of aliphatic carboxylic acids is 4. The van der Waals surface area contributed by atoms with Gasteiger partial charge in [0.05, 0.1) is 5.92 Å². The number of nitrogens with one attached hydrogen (secondary N) is 4. The zero-order chi connectivity index (χ0) is 31.5. The molecular formula is C21H33N5O12S3. The molecule has 0 radical (unpaired) electrons. The number of carboxylic acid groups (broad SMARTS) is 4. The highest BCUT2D eigenvalue weighted by Crippen LogP contribution is 2.35. The number of carboxylic acids is 4. The summed E-state index contributed by atoms with van der Waals surface area (Å²) in [7, 11) is 3.14. The van der Waals surface area contributed by atoms with Gasteiger partial charge in [0.1, 0.15) is 31.2 Å². The van der Waals surface area contributed by atoms with Gasteiger partial charge in [0.2, 0.25) is 23.6 Å². The Morgan fingerprint density at radius 1 is 0.683 bits per heavy atom. The Morgan fingerprint density at radius 3 is 1.46 bits per heavy atom. The zero-order valence-electron chi connectivity index (χ0n) is 21.8. The first kappa shape index (κ1) is 37.8. The quantitative estimate of drug-likeness (QED) is 0.0459. The largest absolute Gasteiger partial charge is 0.481 e. The summed E-state index contributed by atoms with van der Waals surface area (Å²) >= 11 is 0. The Hall–Kier alpha value is -3.23. The molecule has 0 saturated carbocycles. The highest BCUT2D eigenvalue weighted by atomic mass is 33.5. The van der Waals surface area contributed by atoms with Gasteiger partial charge in [-0.1, -0.05) is 28.5 Å².